The molecule has 0 spiro atoms. The lowest BCUT2D eigenvalue weighted by Crippen LogP contribution is -2.21. The summed E-state index contributed by atoms with van der Waals surface area (Å²) in [5, 5.41) is 0. The standard InChI is InChI=1S/C12H12N2O2S/c15-17(16,13-11-7-3-1-4-8-11)14-12-9-5-2-6-10-12/h1-10,13-14H. The molecule has 2 rings (SSSR count). The molecule has 0 unspecified atom stereocenters. The molecule has 5 heteroatoms. The molecule has 0 saturated carbocycles. The van der Waals surface area contributed by atoms with Crippen molar-refractivity contribution in [1.29, 1.82) is 0 Å². The highest BCUT2D eigenvalue weighted by molar-refractivity contribution is 7.94. The molecule has 0 amide bonds. The molecule has 2 N–H and O–H groups in total. The minimum atomic E-state index is -3.59. The van der Waals surface area contributed by atoms with E-state index in [1.807, 2.05) is 12.1 Å². The summed E-state index contributed by atoms with van der Waals surface area (Å²) < 4.78 is 28.3. The van der Waals surface area contributed by atoms with E-state index >= 15 is 0 Å². The molecule has 0 aliphatic rings. The van der Waals surface area contributed by atoms with Crippen LogP contribution < -0.4 is 9.44 Å². The molecular formula is C12H12N2O2S. The smallest absolute Gasteiger partial charge is 0.267 e. The molecule has 0 aliphatic heterocycles. The number of nitrogens with one attached hydrogen (secondary N) is 2. The summed E-state index contributed by atoms with van der Waals surface area (Å²) in [5.41, 5.74) is 1.05. The maximum Gasteiger partial charge on any atom is 0.321 e. The van der Waals surface area contributed by atoms with Crippen LogP contribution in [0, 0.1) is 0 Å². The lowest BCUT2D eigenvalue weighted by Gasteiger charge is -2.09. The molecule has 0 saturated heterocycles. The van der Waals surface area contributed by atoms with Crippen molar-refractivity contribution < 1.29 is 8.42 Å². The van der Waals surface area contributed by atoms with Gasteiger partial charge in [0.2, 0.25) is 0 Å². The van der Waals surface area contributed by atoms with Crippen LogP contribution in [0.2, 0.25) is 0 Å². The fraction of sp³-hybridized carbons (Fsp3) is 0. The highest BCUT2D eigenvalue weighted by atomic mass is 32.2. The van der Waals surface area contributed by atoms with E-state index in [4.69, 9.17) is 0 Å². The second-order valence-electron chi connectivity index (χ2n) is 3.44. The molecule has 0 fully saturated rings. The molecule has 88 valence electrons. The van der Waals surface area contributed by atoms with Crippen LogP contribution in [-0.4, -0.2) is 8.42 Å². The van der Waals surface area contributed by atoms with Crippen molar-refractivity contribution in [3.05, 3.63) is 60.7 Å². The summed E-state index contributed by atoms with van der Waals surface area (Å²) in [5.74, 6) is 0. The third-order valence-corrected chi connectivity index (χ3v) is 3.06. The van der Waals surface area contributed by atoms with Crippen molar-refractivity contribution in [3.63, 3.8) is 0 Å². The van der Waals surface area contributed by atoms with Gasteiger partial charge in [-0.2, -0.15) is 8.42 Å². The minimum Gasteiger partial charge on any atom is -0.267 e. The fourth-order valence-corrected chi connectivity index (χ4v) is 2.29. The molecule has 0 radical (unpaired) electrons. The monoisotopic (exact) mass is 248 g/mol. The number of anilines is 2. The van der Waals surface area contributed by atoms with Crippen LogP contribution in [-0.2, 0) is 10.2 Å². The Kier molecular flexibility index (Phi) is 3.30. The van der Waals surface area contributed by atoms with E-state index in [-0.39, 0.29) is 0 Å². The zero-order chi connectivity index (χ0) is 12.1. The van der Waals surface area contributed by atoms with E-state index in [1.165, 1.54) is 0 Å². The first-order chi connectivity index (χ1) is 8.16. The van der Waals surface area contributed by atoms with Gasteiger partial charge in [-0.25, -0.2) is 0 Å². The average molecular weight is 248 g/mol. The first kappa shape index (κ1) is 11.5. The van der Waals surface area contributed by atoms with Gasteiger partial charge >= 0.3 is 10.2 Å². The van der Waals surface area contributed by atoms with E-state index < -0.39 is 10.2 Å². The summed E-state index contributed by atoms with van der Waals surface area (Å²) >= 11 is 0. The van der Waals surface area contributed by atoms with Crippen LogP contribution >= 0.6 is 0 Å². The van der Waals surface area contributed by atoms with E-state index in [0.29, 0.717) is 11.4 Å². The van der Waals surface area contributed by atoms with E-state index in [0.717, 1.165) is 0 Å². The fourth-order valence-electron chi connectivity index (χ4n) is 1.35. The molecule has 2 aromatic carbocycles. The van der Waals surface area contributed by atoms with E-state index in [9.17, 15) is 8.42 Å². The summed E-state index contributed by atoms with van der Waals surface area (Å²) in [6.07, 6.45) is 0. The average Bonchev–Trinajstić information content (AvgIpc) is 2.30. The van der Waals surface area contributed by atoms with Gasteiger partial charge in [-0.1, -0.05) is 36.4 Å². The summed E-state index contributed by atoms with van der Waals surface area (Å²) in [6, 6.07) is 17.4. The maximum atomic E-state index is 11.7. The van der Waals surface area contributed by atoms with Gasteiger partial charge in [0.1, 0.15) is 0 Å². The summed E-state index contributed by atoms with van der Waals surface area (Å²) in [6.45, 7) is 0. The topological polar surface area (TPSA) is 58.2 Å². The van der Waals surface area contributed by atoms with Crippen LogP contribution in [0.4, 0.5) is 11.4 Å². The van der Waals surface area contributed by atoms with Crippen LogP contribution in [0.25, 0.3) is 0 Å². The van der Waals surface area contributed by atoms with E-state index in [1.54, 1.807) is 48.5 Å². The molecule has 0 heterocycles. The first-order valence-electron chi connectivity index (χ1n) is 5.06. The Morgan fingerprint density at radius 3 is 1.35 bits per heavy atom. The molecule has 2 aromatic rings. The molecule has 17 heavy (non-hydrogen) atoms. The Balaban J connectivity index is 2.11. The minimum absolute atomic E-state index is 0.524. The molecule has 0 atom stereocenters. The zero-order valence-electron chi connectivity index (χ0n) is 9.00. The number of benzene rings is 2. The van der Waals surface area contributed by atoms with Gasteiger partial charge in [0, 0.05) is 0 Å². The normalized spacial score (nSPS) is 10.8. The highest BCUT2D eigenvalue weighted by Crippen LogP contribution is 2.11. The van der Waals surface area contributed by atoms with Gasteiger partial charge < -0.3 is 0 Å². The number of para-hydroxylation sites is 2. The Labute approximate surface area is 100 Å². The lowest BCUT2D eigenvalue weighted by atomic mass is 10.3. The van der Waals surface area contributed by atoms with Crippen molar-refractivity contribution in [1.82, 2.24) is 0 Å². The summed E-state index contributed by atoms with van der Waals surface area (Å²) in [7, 11) is -3.59. The second kappa shape index (κ2) is 4.88. The van der Waals surface area contributed by atoms with Gasteiger partial charge in [0.05, 0.1) is 11.4 Å². The van der Waals surface area contributed by atoms with Crippen LogP contribution in [0.15, 0.2) is 60.7 Å². The molecule has 0 aromatic heterocycles. The van der Waals surface area contributed by atoms with Crippen LogP contribution in [0.1, 0.15) is 0 Å². The van der Waals surface area contributed by atoms with Gasteiger partial charge in [-0.05, 0) is 24.3 Å². The SMILES string of the molecule is O=S(=O)(Nc1ccccc1)Nc1ccccc1. The molecule has 0 bridgehead atoms. The van der Waals surface area contributed by atoms with Gasteiger partial charge in [-0.3, -0.25) is 9.44 Å². The Morgan fingerprint density at radius 2 is 1.00 bits per heavy atom. The second-order valence-corrected chi connectivity index (χ2v) is 4.85. The zero-order valence-corrected chi connectivity index (χ0v) is 9.81. The Hall–Kier alpha value is -2.01. The number of hydrogen-bond acceptors (Lipinski definition) is 2. The highest BCUT2D eigenvalue weighted by Gasteiger charge is 2.08. The maximum absolute atomic E-state index is 11.7. The predicted octanol–water partition coefficient (Wildman–Crippen LogP) is 2.46. The van der Waals surface area contributed by atoms with Crippen molar-refractivity contribution in [2.75, 3.05) is 9.44 Å². The van der Waals surface area contributed by atoms with Crippen LogP contribution in [0.5, 0.6) is 0 Å². The summed E-state index contributed by atoms with van der Waals surface area (Å²) in [4.78, 5) is 0. The Morgan fingerprint density at radius 1 is 0.647 bits per heavy atom. The quantitative estimate of drug-likeness (QED) is 0.873. The molecule has 0 aliphatic carbocycles. The van der Waals surface area contributed by atoms with Gasteiger partial charge in [-0.15, -0.1) is 0 Å². The predicted molar refractivity (Wildman–Crippen MR) is 69.0 cm³/mol. The van der Waals surface area contributed by atoms with Crippen molar-refractivity contribution in [2.45, 2.75) is 0 Å². The van der Waals surface area contributed by atoms with Crippen LogP contribution in [0.3, 0.4) is 0 Å². The van der Waals surface area contributed by atoms with Gasteiger partial charge in [0.15, 0.2) is 0 Å². The molecule has 4 nitrogen and oxygen atoms in total. The van der Waals surface area contributed by atoms with E-state index in [2.05, 4.69) is 9.44 Å². The first-order valence-corrected chi connectivity index (χ1v) is 6.55. The third-order valence-electron chi connectivity index (χ3n) is 2.05. The molecular weight excluding hydrogens is 236 g/mol. The Bertz CT molecular complexity index is 520. The van der Waals surface area contributed by atoms with Gasteiger partial charge in [0.25, 0.3) is 0 Å². The van der Waals surface area contributed by atoms with Crippen molar-refractivity contribution in [2.24, 2.45) is 0 Å². The van der Waals surface area contributed by atoms with Crippen molar-refractivity contribution in [3.8, 4) is 0 Å². The number of hydrogen-bond donors (Lipinski definition) is 2. The third kappa shape index (κ3) is 3.49. The largest absolute Gasteiger partial charge is 0.321 e. The van der Waals surface area contributed by atoms with Crippen molar-refractivity contribution >= 4 is 21.6 Å². The number of rotatable bonds is 4. The lowest BCUT2D eigenvalue weighted by molar-refractivity contribution is 0.606.